The third-order valence-corrected chi connectivity index (χ3v) is 4.11. The summed E-state index contributed by atoms with van der Waals surface area (Å²) in [6.45, 7) is 8.47. The maximum Gasteiger partial charge on any atom is 0.407 e. The van der Waals surface area contributed by atoms with Gasteiger partial charge in [-0.3, -0.25) is 4.68 Å². The van der Waals surface area contributed by atoms with Crippen molar-refractivity contribution < 1.29 is 9.53 Å². The lowest BCUT2D eigenvalue weighted by Crippen LogP contribution is -2.47. The van der Waals surface area contributed by atoms with Gasteiger partial charge in [0.05, 0.1) is 6.20 Å². The van der Waals surface area contributed by atoms with Crippen LogP contribution in [-0.4, -0.2) is 33.6 Å². The smallest absolute Gasteiger partial charge is 0.407 e. The second-order valence-electron chi connectivity index (χ2n) is 7.05. The first-order chi connectivity index (χ1) is 10.3. The minimum Gasteiger partial charge on any atom is -0.444 e. The van der Waals surface area contributed by atoms with Crippen molar-refractivity contribution in [1.82, 2.24) is 20.4 Å². The molecule has 1 aliphatic carbocycles. The monoisotopic (exact) mass is 308 g/mol. The second kappa shape index (κ2) is 6.69. The maximum atomic E-state index is 11.9. The highest BCUT2D eigenvalue weighted by molar-refractivity contribution is 5.68. The fourth-order valence-electron chi connectivity index (χ4n) is 2.79. The molecule has 6 nitrogen and oxygen atoms in total. The van der Waals surface area contributed by atoms with Crippen molar-refractivity contribution in [2.24, 2.45) is 7.05 Å². The average Bonchev–Trinajstić information content (AvgIpc) is 2.94. The summed E-state index contributed by atoms with van der Waals surface area (Å²) in [4.78, 5) is 11.9. The highest BCUT2D eigenvalue weighted by Gasteiger charge is 2.29. The molecule has 1 aliphatic rings. The zero-order chi connectivity index (χ0) is 16.3. The predicted octanol–water partition coefficient (Wildman–Crippen LogP) is 2.26. The van der Waals surface area contributed by atoms with Crippen LogP contribution in [0.2, 0.25) is 0 Å². The van der Waals surface area contributed by atoms with E-state index in [0.717, 1.165) is 25.8 Å². The predicted molar refractivity (Wildman–Crippen MR) is 85.6 cm³/mol. The Hall–Kier alpha value is -1.56. The lowest BCUT2D eigenvalue weighted by molar-refractivity contribution is 0.0498. The molecule has 0 aliphatic heterocycles. The molecule has 1 saturated carbocycles. The molecule has 1 heterocycles. The van der Waals surface area contributed by atoms with E-state index in [4.69, 9.17) is 4.74 Å². The van der Waals surface area contributed by atoms with Gasteiger partial charge in [0, 0.05) is 36.9 Å². The normalized spacial score (nSPS) is 21.9. The highest BCUT2D eigenvalue weighted by Crippen LogP contribution is 2.20. The number of hydrogen-bond acceptors (Lipinski definition) is 4. The molecule has 0 saturated heterocycles. The van der Waals surface area contributed by atoms with Crippen molar-refractivity contribution in [2.75, 3.05) is 0 Å². The molecule has 2 rings (SSSR count). The number of aryl methyl sites for hydroxylation is 1. The summed E-state index contributed by atoms with van der Waals surface area (Å²) in [7, 11) is 1.95. The Kier molecular flexibility index (Phi) is 5.11. The summed E-state index contributed by atoms with van der Waals surface area (Å²) in [5.74, 6) is 0. The van der Waals surface area contributed by atoms with Crippen LogP contribution >= 0.6 is 0 Å². The molecule has 1 amide bonds. The molecule has 0 radical (unpaired) electrons. The number of hydrogen-bond donors (Lipinski definition) is 2. The van der Waals surface area contributed by atoms with E-state index >= 15 is 0 Å². The number of carbonyl (C=O) groups excluding carboxylic acids is 1. The molecule has 1 aromatic heterocycles. The minimum absolute atomic E-state index is 0.131. The van der Waals surface area contributed by atoms with Crippen LogP contribution in [0, 0.1) is 6.92 Å². The first-order valence-corrected chi connectivity index (χ1v) is 7.96. The summed E-state index contributed by atoms with van der Waals surface area (Å²) in [6.07, 6.45) is 4.74. The third kappa shape index (κ3) is 4.47. The van der Waals surface area contributed by atoms with Crippen LogP contribution in [-0.2, 0) is 18.3 Å². The highest BCUT2D eigenvalue weighted by atomic mass is 16.6. The Bertz CT molecular complexity index is 519. The number of nitrogens with zero attached hydrogens (tertiary/aromatic N) is 2. The van der Waals surface area contributed by atoms with Crippen LogP contribution in [0.1, 0.15) is 51.3 Å². The molecule has 6 heteroatoms. The van der Waals surface area contributed by atoms with E-state index in [9.17, 15) is 4.79 Å². The van der Waals surface area contributed by atoms with Gasteiger partial charge in [0.1, 0.15) is 5.60 Å². The number of carbonyl (C=O) groups is 1. The van der Waals surface area contributed by atoms with Gasteiger partial charge < -0.3 is 15.4 Å². The third-order valence-electron chi connectivity index (χ3n) is 4.11. The summed E-state index contributed by atoms with van der Waals surface area (Å²) >= 11 is 0. The zero-order valence-electron chi connectivity index (χ0n) is 14.3. The van der Waals surface area contributed by atoms with E-state index in [-0.39, 0.29) is 18.2 Å². The Labute approximate surface area is 132 Å². The van der Waals surface area contributed by atoms with E-state index in [2.05, 4.69) is 22.7 Å². The SMILES string of the molecule is Cc1c(CNC2CCCC2NC(=O)OC(C)(C)C)cnn1C. The van der Waals surface area contributed by atoms with Crippen molar-refractivity contribution in [3.63, 3.8) is 0 Å². The molecule has 0 bridgehead atoms. The van der Waals surface area contributed by atoms with E-state index < -0.39 is 5.60 Å². The molecular formula is C16H28N4O2. The first kappa shape index (κ1) is 16.8. The number of rotatable bonds is 4. The van der Waals surface area contributed by atoms with Crippen LogP contribution in [0.4, 0.5) is 4.79 Å². The second-order valence-corrected chi connectivity index (χ2v) is 7.05. The Morgan fingerprint density at radius 3 is 2.68 bits per heavy atom. The number of amides is 1. The van der Waals surface area contributed by atoms with E-state index in [1.807, 2.05) is 38.7 Å². The molecule has 1 aromatic rings. The molecule has 0 aromatic carbocycles. The number of aromatic nitrogens is 2. The van der Waals surface area contributed by atoms with Crippen molar-refractivity contribution >= 4 is 6.09 Å². The number of nitrogens with one attached hydrogen (secondary N) is 2. The fraction of sp³-hybridized carbons (Fsp3) is 0.750. The van der Waals surface area contributed by atoms with Gasteiger partial charge in [0.25, 0.3) is 0 Å². The summed E-state index contributed by atoms with van der Waals surface area (Å²) < 4.78 is 7.22. The van der Waals surface area contributed by atoms with Crippen LogP contribution in [0.5, 0.6) is 0 Å². The van der Waals surface area contributed by atoms with Crippen molar-refractivity contribution in [3.8, 4) is 0 Å². The number of ether oxygens (including phenoxy) is 1. The average molecular weight is 308 g/mol. The van der Waals surface area contributed by atoms with Gasteiger partial charge in [0.15, 0.2) is 0 Å². The van der Waals surface area contributed by atoms with Gasteiger partial charge in [-0.05, 0) is 47.0 Å². The van der Waals surface area contributed by atoms with Crippen LogP contribution < -0.4 is 10.6 Å². The van der Waals surface area contributed by atoms with Gasteiger partial charge in [-0.15, -0.1) is 0 Å². The fourth-order valence-corrected chi connectivity index (χ4v) is 2.79. The lowest BCUT2D eigenvalue weighted by Gasteiger charge is -2.25. The van der Waals surface area contributed by atoms with Gasteiger partial charge in [0.2, 0.25) is 0 Å². The quantitative estimate of drug-likeness (QED) is 0.895. The lowest BCUT2D eigenvalue weighted by atomic mass is 10.1. The van der Waals surface area contributed by atoms with E-state index in [1.165, 1.54) is 11.3 Å². The Morgan fingerprint density at radius 1 is 1.41 bits per heavy atom. The topological polar surface area (TPSA) is 68.2 Å². The Morgan fingerprint density at radius 2 is 2.09 bits per heavy atom. The molecule has 2 N–H and O–H groups in total. The van der Waals surface area contributed by atoms with Crippen LogP contribution in [0.25, 0.3) is 0 Å². The van der Waals surface area contributed by atoms with Crippen molar-refractivity contribution in [3.05, 3.63) is 17.5 Å². The maximum absolute atomic E-state index is 11.9. The molecule has 2 unspecified atom stereocenters. The van der Waals surface area contributed by atoms with Crippen LogP contribution in [0.3, 0.4) is 0 Å². The van der Waals surface area contributed by atoms with Gasteiger partial charge >= 0.3 is 6.09 Å². The molecule has 1 fully saturated rings. The van der Waals surface area contributed by atoms with Crippen LogP contribution in [0.15, 0.2) is 6.20 Å². The molecule has 2 atom stereocenters. The minimum atomic E-state index is -0.460. The molecule has 124 valence electrons. The van der Waals surface area contributed by atoms with E-state index in [0.29, 0.717) is 0 Å². The summed E-state index contributed by atoms with van der Waals surface area (Å²) in [6, 6.07) is 0.416. The summed E-state index contributed by atoms with van der Waals surface area (Å²) in [5, 5.41) is 10.8. The molecule has 22 heavy (non-hydrogen) atoms. The zero-order valence-corrected chi connectivity index (χ0v) is 14.3. The largest absolute Gasteiger partial charge is 0.444 e. The molecular weight excluding hydrogens is 280 g/mol. The molecule has 0 spiro atoms. The van der Waals surface area contributed by atoms with E-state index in [1.54, 1.807) is 0 Å². The first-order valence-electron chi connectivity index (χ1n) is 7.96. The van der Waals surface area contributed by atoms with Crippen molar-refractivity contribution in [1.29, 1.82) is 0 Å². The summed E-state index contributed by atoms with van der Waals surface area (Å²) in [5.41, 5.74) is 1.91. The van der Waals surface area contributed by atoms with Gasteiger partial charge in [-0.25, -0.2) is 4.79 Å². The standard InChI is InChI=1S/C16H28N4O2/c1-11-12(10-18-20(11)5)9-17-13-7-6-8-14(13)19-15(21)22-16(2,3)4/h10,13-14,17H,6-9H2,1-5H3,(H,19,21). The van der Waals surface area contributed by atoms with Crippen molar-refractivity contribution in [2.45, 2.75) is 71.2 Å². The van der Waals surface area contributed by atoms with Gasteiger partial charge in [-0.2, -0.15) is 5.10 Å². The number of alkyl carbamates (subject to hydrolysis) is 1. The van der Waals surface area contributed by atoms with Gasteiger partial charge in [-0.1, -0.05) is 0 Å². The Balaban J connectivity index is 1.85.